The molecule has 1 N–H and O–H groups in total. The molecule has 1 unspecified atom stereocenters. The van der Waals surface area contributed by atoms with Gasteiger partial charge in [-0.05, 0) is 31.5 Å². The average molecular weight is 344 g/mol. The van der Waals surface area contributed by atoms with Crippen molar-refractivity contribution in [2.45, 2.75) is 19.4 Å². The summed E-state index contributed by atoms with van der Waals surface area (Å²) in [6.07, 6.45) is 1.03. The monoisotopic (exact) mass is 344 g/mol. The molecular formula is C19H28N4O2. The number of nitrogens with one attached hydrogen (secondary N) is 1. The minimum Gasteiger partial charge on any atom is -0.342 e. The number of carbonyl (C=O) groups excluding carboxylic acids is 2. The fourth-order valence-electron chi connectivity index (χ4n) is 3.60. The molecule has 0 aromatic heterocycles. The Balaban J connectivity index is 1.66. The van der Waals surface area contributed by atoms with Crippen LogP contribution in [0.25, 0.3) is 0 Å². The number of hydrogen-bond acceptors (Lipinski definition) is 4. The van der Waals surface area contributed by atoms with Crippen molar-refractivity contribution in [2.75, 3.05) is 52.9 Å². The van der Waals surface area contributed by atoms with E-state index >= 15 is 0 Å². The molecule has 0 spiro atoms. The summed E-state index contributed by atoms with van der Waals surface area (Å²) in [7, 11) is 1.77. The second-order valence-electron chi connectivity index (χ2n) is 6.88. The number of rotatable bonds is 4. The van der Waals surface area contributed by atoms with Gasteiger partial charge in [-0.25, -0.2) is 0 Å². The lowest BCUT2D eigenvalue weighted by Crippen LogP contribution is -2.49. The summed E-state index contributed by atoms with van der Waals surface area (Å²) in [6, 6.07) is 7.58. The minimum atomic E-state index is -0.0442. The smallest absolute Gasteiger partial charge is 0.253 e. The second-order valence-corrected chi connectivity index (χ2v) is 6.88. The fourth-order valence-corrected chi connectivity index (χ4v) is 3.60. The summed E-state index contributed by atoms with van der Waals surface area (Å²) in [5, 5.41) is 3.37. The van der Waals surface area contributed by atoms with Gasteiger partial charge in [0.05, 0.1) is 0 Å². The standard InChI is InChI=1S/C19H28N4O2/c1-3-21(2)18(24)15-5-4-6-16(13-15)19(25)23-10-7-17(14-23)22-11-8-20-9-12-22/h4-6,13,17,20H,3,7-12,14H2,1-2H3. The predicted octanol–water partition coefficient (Wildman–Crippen LogP) is 0.898. The van der Waals surface area contributed by atoms with Crippen LogP contribution in [0.2, 0.25) is 0 Å². The molecule has 2 amide bonds. The van der Waals surface area contributed by atoms with E-state index in [1.165, 1.54) is 0 Å². The Morgan fingerprint density at radius 3 is 2.64 bits per heavy atom. The molecule has 2 aliphatic heterocycles. The largest absolute Gasteiger partial charge is 0.342 e. The van der Waals surface area contributed by atoms with E-state index in [4.69, 9.17) is 0 Å². The Bertz CT molecular complexity index is 628. The molecular weight excluding hydrogens is 316 g/mol. The van der Waals surface area contributed by atoms with E-state index < -0.39 is 0 Å². The molecule has 1 aromatic carbocycles. The number of hydrogen-bond donors (Lipinski definition) is 1. The van der Waals surface area contributed by atoms with E-state index in [0.29, 0.717) is 23.7 Å². The molecule has 0 radical (unpaired) electrons. The molecule has 1 atom stereocenters. The summed E-state index contributed by atoms with van der Waals surface area (Å²) < 4.78 is 0. The van der Waals surface area contributed by atoms with Crippen molar-refractivity contribution in [2.24, 2.45) is 0 Å². The van der Waals surface area contributed by atoms with Gasteiger partial charge in [-0.1, -0.05) is 6.07 Å². The molecule has 25 heavy (non-hydrogen) atoms. The van der Waals surface area contributed by atoms with Gasteiger partial charge >= 0.3 is 0 Å². The van der Waals surface area contributed by atoms with E-state index in [1.807, 2.05) is 17.9 Å². The maximum Gasteiger partial charge on any atom is 0.253 e. The third kappa shape index (κ3) is 4.02. The molecule has 0 saturated carbocycles. The molecule has 6 nitrogen and oxygen atoms in total. The van der Waals surface area contributed by atoms with Crippen molar-refractivity contribution in [3.05, 3.63) is 35.4 Å². The third-order valence-corrected chi connectivity index (χ3v) is 5.30. The van der Waals surface area contributed by atoms with Crippen molar-refractivity contribution >= 4 is 11.8 Å². The predicted molar refractivity (Wildman–Crippen MR) is 97.8 cm³/mol. The summed E-state index contributed by atoms with van der Waals surface area (Å²) in [6.45, 7) is 8.33. The first-order chi connectivity index (χ1) is 12.1. The maximum atomic E-state index is 12.9. The van der Waals surface area contributed by atoms with Gasteiger partial charge in [0.25, 0.3) is 11.8 Å². The Morgan fingerprint density at radius 2 is 1.92 bits per heavy atom. The van der Waals surface area contributed by atoms with Crippen LogP contribution in [0.15, 0.2) is 24.3 Å². The molecule has 136 valence electrons. The summed E-state index contributed by atoms with van der Waals surface area (Å²) in [5.74, 6) is -0.0105. The number of piperazine rings is 1. The highest BCUT2D eigenvalue weighted by atomic mass is 16.2. The zero-order valence-corrected chi connectivity index (χ0v) is 15.2. The lowest BCUT2D eigenvalue weighted by atomic mass is 10.1. The summed E-state index contributed by atoms with van der Waals surface area (Å²) in [5.41, 5.74) is 1.18. The van der Waals surface area contributed by atoms with Crippen LogP contribution in [0.3, 0.4) is 0 Å². The number of nitrogens with zero attached hydrogens (tertiary/aromatic N) is 3. The van der Waals surface area contributed by atoms with Crippen molar-refractivity contribution in [3.8, 4) is 0 Å². The van der Waals surface area contributed by atoms with E-state index in [1.54, 1.807) is 30.1 Å². The molecule has 6 heteroatoms. The summed E-state index contributed by atoms with van der Waals surface area (Å²) in [4.78, 5) is 31.2. The number of benzene rings is 1. The Kier molecular flexibility index (Phi) is 5.71. The Labute approximate surface area is 149 Å². The zero-order valence-electron chi connectivity index (χ0n) is 15.2. The Hall–Kier alpha value is -1.92. The van der Waals surface area contributed by atoms with Gasteiger partial charge in [-0.2, -0.15) is 0 Å². The first-order valence-corrected chi connectivity index (χ1v) is 9.19. The van der Waals surface area contributed by atoms with Gasteiger partial charge in [0, 0.05) is 70.0 Å². The van der Waals surface area contributed by atoms with Crippen LogP contribution in [-0.4, -0.2) is 85.4 Å². The van der Waals surface area contributed by atoms with Crippen LogP contribution in [0.5, 0.6) is 0 Å². The highest BCUT2D eigenvalue weighted by Gasteiger charge is 2.31. The molecule has 2 heterocycles. The molecule has 2 saturated heterocycles. The first-order valence-electron chi connectivity index (χ1n) is 9.19. The molecule has 0 bridgehead atoms. The number of amides is 2. The number of carbonyl (C=O) groups is 2. The first kappa shape index (κ1) is 17.9. The normalized spacial score (nSPS) is 21.4. The zero-order chi connectivity index (χ0) is 17.8. The lowest BCUT2D eigenvalue weighted by Gasteiger charge is -2.32. The van der Waals surface area contributed by atoms with Gasteiger partial charge in [-0.3, -0.25) is 14.5 Å². The van der Waals surface area contributed by atoms with Crippen LogP contribution in [0, 0.1) is 0 Å². The van der Waals surface area contributed by atoms with Crippen molar-refractivity contribution in [3.63, 3.8) is 0 Å². The average Bonchev–Trinajstić information content (AvgIpc) is 3.17. The van der Waals surface area contributed by atoms with E-state index in [-0.39, 0.29) is 11.8 Å². The van der Waals surface area contributed by atoms with Gasteiger partial charge in [0.2, 0.25) is 0 Å². The van der Waals surface area contributed by atoms with Crippen molar-refractivity contribution in [1.29, 1.82) is 0 Å². The van der Waals surface area contributed by atoms with Crippen LogP contribution < -0.4 is 5.32 Å². The van der Waals surface area contributed by atoms with E-state index in [2.05, 4.69) is 10.2 Å². The van der Waals surface area contributed by atoms with Gasteiger partial charge in [0.1, 0.15) is 0 Å². The lowest BCUT2D eigenvalue weighted by molar-refractivity contribution is 0.0773. The van der Waals surface area contributed by atoms with Crippen LogP contribution in [-0.2, 0) is 0 Å². The second kappa shape index (κ2) is 7.97. The highest BCUT2D eigenvalue weighted by Crippen LogP contribution is 2.19. The molecule has 0 aliphatic carbocycles. The Morgan fingerprint density at radius 1 is 1.20 bits per heavy atom. The van der Waals surface area contributed by atoms with Crippen molar-refractivity contribution < 1.29 is 9.59 Å². The van der Waals surface area contributed by atoms with Gasteiger partial charge in [-0.15, -0.1) is 0 Å². The third-order valence-electron chi connectivity index (χ3n) is 5.30. The SMILES string of the molecule is CCN(C)C(=O)c1cccc(C(=O)N2CCC(N3CCNCC3)C2)c1. The molecule has 3 rings (SSSR count). The van der Waals surface area contributed by atoms with E-state index in [0.717, 1.165) is 45.7 Å². The summed E-state index contributed by atoms with van der Waals surface area (Å²) >= 11 is 0. The van der Waals surface area contributed by atoms with Crippen molar-refractivity contribution in [1.82, 2.24) is 20.0 Å². The molecule has 2 fully saturated rings. The van der Waals surface area contributed by atoms with Gasteiger partial charge in [0.15, 0.2) is 0 Å². The minimum absolute atomic E-state index is 0.0337. The van der Waals surface area contributed by atoms with E-state index in [9.17, 15) is 9.59 Å². The topological polar surface area (TPSA) is 55.9 Å². The quantitative estimate of drug-likeness (QED) is 0.882. The van der Waals surface area contributed by atoms with Gasteiger partial charge < -0.3 is 15.1 Å². The van der Waals surface area contributed by atoms with Crippen LogP contribution >= 0.6 is 0 Å². The molecule has 2 aliphatic rings. The van der Waals surface area contributed by atoms with Crippen LogP contribution in [0.4, 0.5) is 0 Å². The van der Waals surface area contributed by atoms with Crippen LogP contribution in [0.1, 0.15) is 34.1 Å². The maximum absolute atomic E-state index is 12.9. The highest BCUT2D eigenvalue weighted by molar-refractivity contribution is 5.99. The molecule has 1 aromatic rings. The fraction of sp³-hybridized carbons (Fsp3) is 0.579. The number of likely N-dealkylation sites (tertiary alicyclic amines) is 1.